The lowest BCUT2D eigenvalue weighted by atomic mass is 9.90. The molecule has 1 fully saturated rings. The Kier molecular flexibility index (Phi) is 9.37. The second kappa shape index (κ2) is 13.3. The molecule has 2 heterocycles. The molecule has 2 aromatic heterocycles. The number of carbonyl (C=O) groups excluding carboxylic acids is 2. The Morgan fingerprint density at radius 2 is 1.83 bits per heavy atom. The number of aryl methyl sites for hydroxylation is 1. The summed E-state index contributed by atoms with van der Waals surface area (Å²) in [7, 11) is 0. The van der Waals surface area contributed by atoms with E-state index in [-0.39, 0.29) is 45.1 Å². The van der Waals surface area contributed by atoms with Gasteiger partial charge in [-0.2, -0.15) is 8.78 Å². The fourth-order valence-corrected chi connectivity index (χ4v) is 5.20. The Hall–Kier alpha value is -4.85. The van der Waals surface area contributed by atoms with Gasteiger partial charge in [-0.1, -0.05) is 0 Å². The minimum Gasteiger partial charge on any atom is -0.485 e. The normalized spacial score (nSPS) is 14.4. The Morgan fingerprint density at radius 3 is 2.46 bits per heavy atom. The van der Waals surface area contributed by atoms with Crippen LogP contribution in [0.1, 0.15) is 40.0 Å². The van der Waals surface area contributed by atoms with Gasteiger partial charge in [0.05, 0.1) is 18.7 Å². The van der Waals surface area contributed by atoms with Gasteiger partial charge < -0.3 is 25.6 Å². The van der Waals surface area contributed by atoms with Crippen LogP contribution in [0, 0.1) is 18.7 Å². The number of hydrogen-bond acceptors (Lipinski definition) is 7. The average molecular weight is 645 g/mol. The van der Waals surface area contributed by atoms with E-state index in [0.29, 0.717) is 23.8 Å². The molecule has 0 aliphatic heterocycles. The number of alkyl halides is 4. The molecular weight excluding hydrogens is 615 g/mol. The molecule has 4 aromatic rings. The number of ether oxygens (including phenoxy) is 2. The highest BCUT2D eigenvalue weighted by atomic mass is 19.3. The molecule has 9 nitrogen and oxygen atoms in total. The molecule has 46 heavy (non-hydrogen) atoms. The molecule has 0 saturated heterocycles. The van der Waals surface area contributed by atoms with Crippen molar-refractivity contribution < 1.29 is 46.1 Å². The van der Waals surface area contributed by atoms with Gasteiger partial charge in [0, 0.05) is 28.3 Å². The lowest BCUT2D eigenvalue weighted by Crippen LogP contribution is -2.43. The molecule has 0 unspecified atom stereocenters. The number of benzene rings is 2. The highest BCUT2D eigenvalue weighted by molar-refractivity contribution is 6.00. The molecule has 5 rings (SSSR count). The van der Waals surface area contributed by atoms with E-state index in [1.54, 1.807) is 13.0 Å². The number of nitrogens with zero attached hydrogens (tertiary/aromatic N) is 2. The maximum Gasteiger partial charge on any atom is 0.387 e. The van der Waals surface area contributed by atoms with E-state index >= 15 is 0 Å². The van der Waals surface area contributed by atoms with Crippen LogP contribution in [0.15, 0.2) is 54.7 Å². The van der Waals surface area contributed by atoms with Gasteiger partial charge in [-0.25, -0.2) is 18.2 Å². The molecule has 14 heteroatoms. The summed E-state index contributed by atoms with van der Waals surface area (Å²) in [5.74, 6) is -3.03. The fourth-order valence-electron chi connectivity index (χ4n) is 5.20. The fraction of sp³-hybridized carbons (Fsp3) is 0.312. The number of rotatable bonds is 13. The number of fused-ring (bicyclic) bond motifs is 1. The average Bonchev–Trinajstić information content (AvgIpc) is 3.84. The van der Waals surface area contributed by atoms with Crippen LogP contribution < -0.4 is 20.5 Å². The first-order chi connectivity index (χ1) is 21.8. The minimum atomic E-state index is -3.17. The van der Waals surface area contributed by atoms with Crippen LogP contribution >= 0.6 is 0 Å². The highest BCUT2D eigenvalue weighted by Gasteiger charge is 2.47. The number of aliphatic hydroxyl groups is 1. The number of primary amides is 1. The Labute approximate surface area is 259 Å². The van der Waals surface area contributed by atoms with Crippen molar-refractivity contribution >= 4 is 22.7 Å². The monoisotopic (exact) mass is 644 g/mol. The predicted octanol–water partition coefficient (Wildman–Crippen LogP) is 5.05. The number of amides is 2. The van der Waals surface area contributed by atoms with Crippen molar-refractivity contribution in [1.29, 1.82) is 0 Å². The van der Waals surface area contributed by atoms with Crippen LogP contribution in [0.2, 0.25) is 0 Å². The highest BCUT2D eigenvalue weighted by Crippen LogP contribution is 2.47. The van der Waals surface area contributed by atoms with Gasteiger partial charge in [-0.3, -0.25) is 14.6 Å². The first-order valence-corrected chi connectivity index (χ1v) is 14.2. The smallest absolute Gasteiger partial charge is 0.387 e. The molecule has 1 aliphatic carbocycles. The summed E-state index contributed by atoms with van der Waals surface area (Å²) in [5, 5.41) is 15.0. The van der Waals surface area contributed by atoms with E-state index in [9.17, 15) is 36.6 Å². The van der Waals surface area contributed by atoms with Crippen molar-refractivity contribution in [3.05, 3.63) is 82.9 Å². The van der Waals surface area contributed by atoms with Crippen molar-refractivity contribution in [2.75, 3.05) is 13.2 Å². The standard InChI is InChI=1S/C32H29F5N4O5/c1-16-8-18-9-20(10-23(46-31(36)37)27(18)39-13-16)30(43)40-15-32(44,21-4-5-21)24-11-19(12-26(38)42)29(45-14-25(34)35)28(41-24)17-2-6-22(33)7-3-17/h2-3,6-11,13,21,25,31,44H,4-5,12,14-15H2,1H3,(H2,38,42)(H,40,43)/t32-/m1/s1. The molecule has 2 amide bonds. The number of hydrogen-bond donors (Lipinski definition) is 3. The number of nitrogens with one attached hydrogen (secondary N) is 1. The number of halogens is 5. The molecule has 4 N–H and O–H groups in total. The zero-order valence-electron chi connectivity index (χ0n) is 24.4. The summed E-state index contributed by atoms with van der Waals surface area (Å²) in [6.07, 6.45) is -0.779. The predicted molar refractivity (Wildman–Crippen MR) is 156 cm³/mol. The second-order valence-electron chi connectivity index (χ2n) is 11.0. The van der Waals surface area contributed by atoms with Crippen molar-refractivity contribution in [2.24, 2.45) is 11.7 Å². The van der Waals surface area contributed by atoms with Crippen LogP contribution in [0.5, 0.6) is 11.5 Å². The zero-order valence-corrected chi connectivity index (χ0v) is 24.4. The molecule has 0 bridgehead atoms. The zero-order chi connectivity index (χ0) is 33.2. The van der Waals surface area contributed by atoms with Crippen molar-refractivity contribution in [2.45, 2.75) is 44.8 Å². The quantitative estimate of drug-likeness (QED) is 0.174. The summed E-state index contributed by atoms with van der Waals surface area (Å²) in [6, 6.07) is 10.4. The first kappa shape index (κ1) is 32.5. The topological polar surface area (TPSA) is 137 Å². The lowest BCUT2D eigenvalue weighted by Gasteiger charge is -2.30. The molecule has 1 atom stereocenters. The maximum atomic E-state index is 13.8. The van der Waals surface area contributed by atoms with Gasteiger partial charge in [-0.15, -0.1) is 0 Å². The van der Waals surface area contributed by atoms with Gasteiger partial charge >= 0.3 is 6.61 Å². The third-order valence-electron chi connectivity index (χ3n) is 7.46. The summed E-state index contributed by atoms with van der Waals surface area (Å²) < 4.78 is 76.4. The third kappa shape index (κ3) is 7.33. The Bertz CT molecular complexity index is 1770. The van der Waals surface area contributed by atoms with E-state index < -0.39 is 61.8 Å². The Morgan fingerprint density at radius 1 is 1.11 bits per heavy atom. The number of nitrogens with two attached hydrogens (primary N) is 1. The summed E-state index contributed by atoms with van der Waals surface area (Å²) in [5.41, 5.74) is 4.64. The number of carbonyl (C=O) groups is 2. The molecule has 242 valence electrons. The van der Waals surface area contributed by atoms with E-state index in [0.717, 1.165) is 18.2 Å². The van der Waals surface area contributed by atoms with Crippen LogP contribution in [0.4, 0.5) is 22.0 Å². The van der Waals surface area contributed by atoms with Crippen LogP contribution in [0.25, 0.3) is 22.2 Å². The second-order valence-corrected chi connectivity index (χ2v) is 11.0. The van der Waals surface area contributed by atoms with Gasteiger partial charge in [0.2, 0.25) is 5.91 Å². The summed E-state index contributed by atoms with van der Waals surface area (Å²) >= 11 is 0. The molecule has 0 spiro atoms. The number of pyridine rings is 2. The van der Waals surface area contributed by atoms with Crippen molar-refractivity contribution in [3.63, 3.8) is 0 Å². The molecule has 0 radical (unpaired) electrons. The van der Waals surface area contributed by atoms with Crippen LogP contribution in [-0.2, 0) is 16.8 Å². The maximum absolute atomic E-state index is 13.8. The SMILES string of the molecule is Cc1cnc2c(OC(F)F)cc(C(=O)NC[C@](O)(c3cc(CC(N)=O)c(OCC(F)F)c(-c4ccc(F)cc4)n3)C3CC3)cc2c1. The minimum absolute atomic E-state index is 0.0182. The van der Waals surface area contributed by atoms with E-state index in [1.807, 2.05) is 0 Å². The van der Waals surface area contributed by atoms with Gasteiger partial charge in [0.25, 0.3) is 12.3 Å². The molecular formula is C32H29F5N4O5. The Balaban J connectivity index is 1.54. The van der Waals surface area contributed by atoms with Crippen LogP contribution in [-0.4, -0.2) is 53.1 Å². The first-order valence-electron chi connectivity index (χ1n) is 14.2. The van der Waals surface area contributed by atoms with Crippen LogP contribution in [0.3, 0.4) is 0 Å². The van der Waals surface area contributed by atoms with E-state index in [1.165, 1.54) is 30.5 Å². The largest absolute Gasteiger partial charge is 0.485 e. The van der Waals surface area contributed by atoms with E-state index in [2.05, 4.69) is 20.0 Å². The van der Waals surface area contributed by atoms with Gasteiger partial charge in [0.15, 0.2) is 5.75 Å². The molecule has 1 saturated carbocycles. The molecule has 1 aliphatic rings. The van der Waals surface area contributed by atoms with Gasteiger partial charge in [0.1, 0.15) is 35.0 Å². The number of aromatic nitrogens is 2. The van der Waals surface area contributed by atoms with Crippen molar-refractivity contribution in [1.82, 2.24) is 15.3 Å². The van der Waals surface area contributed by atoms with E-state index in [4.69, 9.17) is 10.5 Å². The molecule has 2 aromatic carbocycles. The lowest BCUT2D eigenvalue weighted by molar-refractivity contribution is -0.117. The van der Waals surface area contributed by atoms with Crippen molar-refractivity contribution in [3.8, 4) is 22.8 Å². The summed E-state index contributed by atoms with van der Waals surface area (Å²) in [6.45, 7) is -2.88. The third-order valence-corrected chi connectivity index (χ3v) is 7.46. The summed E-state index contributed by atoms with van der Waals surface area (Å²) in [4.78, 5) is 34.1. The van der Waals surface area contributed by atoms with Gasteiger partial charge in [-0.05, 0) is 79.8 Å².